The summed E-state index contributed by atoms with van der Waals surface area (Å²) >= 11 is 2.34. The van der Waals surface area contributed by atoms with E-state index in [4.69, 9.17) is 4.42 Å². The molecular formula is C17H22INO. The minimum Gasteiger partial charge on any atom is -0.441 e. The van der Waals surface area contributed by atoms with Gasteiger partial charge in [-0.05, 0) is 30.0 Å². The van der Waals surface area contributed by atoms with Crippen molar-refractivity contribution in [2.75, 3.05) is 0 Å². The van der Waals surface area contributed by atoms with Crippen molar-refractivity contribution in [3.05, 3.63) is 41.3 Å². The van der Waals surface area contributed by atoms with Crippen LogP contribution >= 0.6 is 22.6 Å². The number of oxazole rings is 1. The average Bonchev–Trinajstić information content (AvgIpc) is 2.83. The van der Waals surface area contributed by atoms with Crippen LogP contribution in [0.2, 0.25) is 0 Å². The molecule has 1 aromatic carbocycles. The standard InChI is InChI=1S/C17H22INO/c1-11(2)9-13-5-7-14(8-6-13)17-19-15(10-18)16(20-17)12(3)4/h5-8,11-12H,9-10H2,1-4H3. The highest BCUT2D eigenvalue weighted by molar-refractivity contribution is 14.1. The van der Waals surface area contributed by atoms with E-state index in [-0.39, 0.29) is 0 Å². The van der Waals surface area contributed by atoms with Gasteiger partial charge in [-0.1, -0.05) is 62.4 Å². The molecule has 1 heterocycles. The van der Waals surface area contributed by atoms with Gasteiger partial charge in [0.1, 0.15) is 5.76 Å². The van der Waals surface area contributed by atoms with Crippen molar-refractivity contribution in [1.82, 2.24) is 4.98 Å². The number of hydrogen-bond donors (Lipinski definition) is 0. The summed E-state index contributed by atoms with van der Waals surface area (Å²) in [5, 5.41) is 0. The molecule has 0 saturated carbocycles. The number of nitrogens with zero attached hydrogens (tertiary/aromatic N) is 1. The normalized spacial score (nSPS) is 11.6. The fourth-order valence-corrected chi connectivity index (χ4v) is 2.84. The highest BCUT2D eigenvalue weighted by atomic mass is 127. The Morgan fingerprint density at radius 1 is 1.10 bits per heavy atom. The second kappa shape index (κ2) is 6.74. The van der Waals surface area contributed by atoms with Gasteiger partial charge in [-0.2, -0.15) is 0 Å². The van der Waals surface area contributed by atoms with Crippen LogP contribution < -0.4 is 0 Å². The Kier molecular flexibility index (Phi) is 5.24. The molecule has 0 aliphatic heterocycles. The third-order valence-electron chi connectivity index (χ3n) is 3.22. The number of alkyl halides is 1. The Bertz CT molecular complexity index is 555. The van der Waals surface area contributed by atoms with Crippen LogP contribution in [0.1, 0.15) is 50.6 Å². The van der Waals surface area contributed by atoms with Gasteiger partial charge in [-0.25, -0.2) is 4.98 Å². The molecule has 0 fully saturated rings. The molecule has 1 aromatic heterocycles. The van der Waals surface area contributed by atoms with Crippen molar-refractivity contribution in [2.24, 2.45) is 5.92 Å². The van der Waals surface area contributed by atoms with Gasteiger partial charge in [0.05, 0.1) is 5.69 Å². The molecule has 108 valence electrons. The Balaban J connectivity index is 2.27. The third kappa shape index (κ3) is 3.62. The highest BCUT2D eigenvalue weighted by Gasteiger charge is 2.16. The molecule has 0 unspecified atom stereocenters. The van der Waals surface area contributed by atoms with Gasteiger partial charge in [0.2, 0.25) is 5.89 Å². The van der Waals surface area contributed by atoms with Crippen molar-refractivity contribution in [3.8, 4) is 11.5 Å². The summed E-state index contributed by atoms with van der Waals surface area (Å²) in [5.41, 5.74) is 3.51. The van der Waals surface area contributed by atoms with E-state index in [9.17, 15) is 0 Å². The Labute approximate surface area is 135 Å². The lowest BCUT2D eigenvalue weighted by Gasteiger charge is -2.05. The summed E-state index contributed by atoms with van der Waals surface area (Å²) in [5.74, 6) is 2.82. The fraction of sp³-hybridized carbons (Fsp3) is 0.471. The largest absolute Gasteiger partial charge is 0.441 e. The van der Waals surface area contributed by atoms with Crippen LogP contribution in [-0.4, -0.2) is 4.98 Å². The zero-order valence-corrected chi connectivity index (χ0v) is 14.8. The Morgan fingerprint density at radius 2 is 1.75 bits per heavy atom. The van der Waals surface area contributed by atoms with E-state index in [0.717, 1.165) is 33.8 Å². The summed E-state index contributed by atoms with van der Waals surface area (Å²) in [7, 11) is 0. The van der Waals surface area contributed by atoms with Crippen molar-refractivity contribution in [2.45, 2.75) is 44.5 Å². The second-order valence-electron chi connectivity index (χ2n) is 5.91. The van der Waals surface area contributed by atoms with Crippen LogP contribution in [-0.2, 0) is 10.8 Å². The fourth-order valence-electron chi connectivity index (χ4n) is 2.29. The van der Waals surface area contributed by atoms with Crippen LogP contribution in [0.3, 0.4) is 0 Å². The van der Waals surface area contributed by atoms with E-state index in [0.29, 0.717) is 11.8 Å². The first-order chi connectivity index (χ1) is 9.51. The van der Waals surface area contributed by atoms with E-state index < -0.39 is 0 Å². The summed E-state index contributed by atoms with van der Waals surface area (Å²) in [6.07, 6.45) is 1.11. The lowest BCUT2D eigenvalue weighted by atomic mass is 10.0. The summed E-state index contributed by atoms with van der Waals surface area (Å²) in [6.45, 7) is 8.77. The SMILES string of the molecule is CC(C)Cc1ccc(-c2nc(CI)c(C(C)C)o2)cc1. The maximum Gasteiger partial charge on any atom is 0.226 e. The molecule has 0 spiro atoms. The molecule has 0 aliphatic carbocycles. The molecule has 0 N–H and O–H groups in total. The Morgan fingerprint density at radius 3 is 2.20 bits per heavy atom. The predicted octanol–water partition coefficient (Wildman–Crippen LogP) is 5.60. The zero-order chi connectivity index (χ0) is 14.7. The van der Waals surface area contributed by atoms with Crippen LogP contribution in [0, 0.1) is 5.92 Å². The van der Waals surface area contributed by atoms with Crippen molar-refractivity contribution in [3.63, 3.8) is 0 Å². The van der Waals surface area contributed by atoms with Gasteiger partial charge in [-0.3, -0.25) is 0 Å². The van der Waals surface area contributed by atoms with Crippen LogP contribution in [0.15, 0.2) is 28.7 Å². The van der Waals surface area contributed by atoms with Crippen LogP contribution in [0.4, 0.5) is 0 Å². The molecule has 0 bridgehead atoms. The van der Waals surface area contributed by atoms with E-state index in [2.05, 4.69) is 79.5 Å². The smallest absolute Gasteiger partial charge is 0.226 e. The summed E-state index contributed by atoms with van der Waals surface area (Å²) < 4.78 is 6.85. The van der Waals surface area contributed by atoms with Gasteiger partial charge < -0.3 is 4.42 Å². The van der Waals surface area contributed by atoms with Gasteiger partial charge in [-0.15, -0.1) is 0 Å². The lowest BCUT2D eigenvalue weighted by molar-refractivity contribution is 0.492. The predicted molar refractivity (Wildman–Crippen MR) is 92.3 cm³/mol. The molecule has 0 saturated heterocycles. The molecule has 0 aliphatic rings. The third-order valence-corrected chi connectivity index (χ3v) is 3.95. The van der Waals surface area contributed by atoms with Gasteiger partial charge in [0, 0.05) is 15.9 Å². The first kappa shape index (κ1) is 15.5. The number of aromatic nitrogens is 1. The first-order valence-electron chi connectivity index (χ1n) is 7.16. The topological polar surface area (TPSA) is 26.0 Å². The number of rotatable bonds is 5. The minimum absolute atomic E-state index is 0.376. The maximum atomic E-state index is 5.96. The number of hydrogen-bond acceptors (Lipinski definition) is 2. The molecule has 2 nitrogen and oxygen atoms in total. The Hall–Kier alpha value is -0.840. The molecule has 0 atom stereocenters. The molecule has 0 radical (unpaired) electrons. The maximum absolute atomic E-state index is 5.96. The van der Waals surface area contributed by atoms with E-state index in [1.807, 2.05) is 0 Å². The monoisotopic (exact) mass is 383 g/mol. The number of benzene rings is 1. The van der Waals surface area contributed by atoms with E-state index in [1.165, 1.54) is 5.56 Å². The zero-order valence-electron chi connectivity index (χ0n) is 12.6. The molecule has 2 rings (SSSR count). The minimum atomic E-state index is 0.376. The van der Waals surface area contributed by atoms with Crippen molar-refractivity contribution >= 4 is 22.6 Å². The molecule has 0 amide bonds. The van der Waals surface area contributed by atoms with Gasteiger partial charge >= 0.3 is 0 Å². The summed E-state index contributed by atoms with van der Waals surface area (Å²) in [6, 6.07) is 8.59. The quantitative estimate of drug-likeness (QED) is 0.496. The molecular weight excluding hydrogens is 361 g/mol. The van der Waals surface area contributed by atoms with Crippen LogP contribution in [0.25, 0.3) is 11.5 Å². The van der Waals surface area contributed by atoms with Gasteiger partial charge in [0.25, 0.3) is 0 Å². The number of halogens is 1. The highest BCUT2D eigenvalue weighted by Crippen LogP contribution is 2.28. The van der Waals surface area contributed by atoms with Crippen molar-refractivity contribution in [1.29, 1.82) is 0 Å². The molecule has 20 heavy (non-hydrogen) atoms. The molecule has 3 heteroatoms. The second-order valence-corrected chi connectivity index (χ2v) is 6.68. The van der Waals surface area contributed by atoms with E-state index >= 15 is 0 Å². The lowest BCUT2D eigenvalue weighted by Crippen LogP contribution is -1.93. The average molecular weight is 383 g/mol. The van der Waals surface area contributed by atoms with E-state index in [1.54, 1.807) is 0 Å². The van der Waals surface area contributed by atoms with Crippen LogP contribution in [0.5, 0.6) is 0 Å². The summed E-state index contributed by atoms with van der Waals surface area (Å²) in [4.78, 5) is 4.64. The van der Waals surface area contributed by atoms with Crippen molar-refractivity contribution < 1.29 is 4.42 Å². The van der Waals surface area contributed by atoms with Gasteiger partial charge in [0.15, 0.2) is 0 Å². The first-order valence-corrected chi connectivity index (χ1v) is 8.68. The molecule has 2 aromatic rings.